The van der Waals surface area contributed by atoms with Crippen LogP contribution in [0.3, 0.4) is 0 Å². The van der Waals surface area contributed by atoms with Crippen molar-refractivity contribution in [2.45, 2.75) is 231 Å². The highest BCUT2D eigenvalue weighted by Crippen LogP contribution is 2.39. The van der Waals surface area contributed by atoms with Crippen molar-refractivity contribution in [2.75, 3.05) is 158 Å². The number of allylic oxidation sites excluding steroid dienone is 6. The first-order chi connectivity index (χ1) is 61.4. The summed E-state index contributed by atoms with van der Waals surface area (Å²) in [7, 11) is 4.59. The topological polar surface area (TPSA) is 466 Å². The fourth-order valence-corrected chi connectivity index (χ4v) is 16.4. The van der Waals surface area contributed by atoms with E-state index >= 15 is 0 Å². The van der Waals surface area contributed by atoms with E-state index in [1.807, 2.05) is 62.6 Å². The number of ketones is 3. The number of fused-ring (bicyclic) bond motifs is 5. The highest BCUT2D eigenvalue weighted by Gasteiger charge is 2.53. The Kier molecular flexibility index (Phi) is 43.9. The largest absolute Gasteiger partial charge is 0.459 e. The number of ether oxygens (including phenoxy) is 14. The Morgan fingerprint density at radius 1 is 0.717 bits per heavy atom. The number of aryl methyl sites for hydroxylation is 2. The summed E-state index contributed by atoms with van der Waals surface area (Å²) in [6.07, 6.45) is 18.0. The van der Waals surface area contributed by atoms with Crippen LogP contribution in [0.25, 0.3) is 33.4 Å². The van der Waals surface area contributed by atoms with Crippen molar-refractivity contribution in [3.8, 4) is 11.3 Å². The van der Waals surface area contributed by atoms with E-state index in [0.29, 0.717) is 222 Å². The third-order valence-corrected chi connectivity index (χ3v) is 23.8. The molecule has 0 spiro atoms. The number of nitrogens with one attached hydrogen (secondary N) is 1. The third kappa shape index (κ3) is 32.4. The van der Waals surface area contributed by atoms with Gasteiger partial charge < -0.3 is 108 Å². The number of esters is 1. The van der Waals surface area contributed by atoms with Crippen LogP contribution >= 0.6 is 0 Å². The summed E-state index contributed by atoms with van der Waals surface area (Å²) in [5.74, 6) is -8.05. The van der Waals surface area contributed by atoms with E-state index < -0.39 is 83.8 Å². The highest BCUT2D eigenvalue weighted by atomic mass is 16.6. The van der Waals surface area contributed by atoms with Gasteiger partial charge in [-0.05, 0) is 151 Å². The second-order valence-corrected chi connectivity index (χ2v) is 33.5. The van der Waals surface area contributed by atoms with Gasteiger partial charge in [0.25, 0.3) is 17.7 Å². The maximum atomic E-state index is 14.7. The predicted octanol–water partition coefficient (Wildman–Crippen LogP) is 7.74. The quantitative estimate of drug-likeness (QED) is 0.00938. The van der Waals surface area contributed by atoms with E-state index in [-0.39, 0.29) is 86.4 Å². The Morgan fingerprint density at radius 3 is 2.08 bits per heavy atom. The fraction of sp³-hybridized carbons (Fsp3) is 0.692. The first-order valence-electron chi connectivity index (χ1n) is 45.2. The minimum absolute atomic E-state index is 0.0146. The number of rotatable bonds is 45. The van der Waals surface area contributed by atoms with E-state index in [0.717, 1.165) is 53.8 Å². The predicted molar refractivity (Wildman–Crippen MR) is 471 cm³/mol. The van der Waals surface area contributed by atoms with Gasteiger partial charge in [-0.25, -0.2) is 24.1 Å². The summed E-state index contributed by atoms with van der Waals surface area (Å²) in [4.78, 5) is 98.6. The smallest absolute Gasteiger partial charge is 0.329 e. The number of aliphatic hydroxyl groups is 2. The maximum Gasteiger partial charge on any atom is 0.329 e. The second kappa shape index (κ2) is 54.4. The summed E-state index contributed by atoms with van der Waals surface area (Å²) in [6, 6.07) is 3.48. The molecule has 15 atom stereocenters. The monoisotopic (exact) mass is 1780 g/mol. The fourth-order valence-electron chi connectivity index (χ4n) is 16.4. The molecule has 127 heavy (non-hydrogen) atoms. The molecule has 3 aliphatic heterocycles. The van der Waals surface area contributed by atoms with Gasteiger partial charge in [-0.3, -0.25) is 24.0 Å². The van der Waals surface area contributed by atoms with Crippen LogP contribution in [0, 0.1) is 29.6 Å². The molecule has 3 fully saturated rings. The molecule has 36 heteroatoms. The molecule has 2 bridgehead atoms. The first-order valence-corrected chi connectivity index (χ1v) is 45.2. The number of aromatic nitrogens is 8. The van der Waals surface area contributed by atoms with Crippen molar-refractivity contribution in [1.82, 2.24) is 49.9 Å². The number of nitrogens with two attached hydrogens (primary N) is 3. The SMILES string of the molecule is CO[C@H]1C[C@@H]2CC[C@@H](C)[C@@](O)(O2)C(=O)C(=O)N2CCCC[C@H]2C(=O)O[C@H]([C@H](N)C[C@@H]2CC[C@@H](OCCCCc3cn(CCOCCOCCOCCOCCOCCOCCOCCOCCC(=O)NCCCCn4nc(-c5ccc6oc(N)nc6c5)c5c(N)ncnc54)nn3)[C@H](OC)C2)CC(=O)[C@H](C)/C=C(\C)[C@@H](O)[C@@H](OC)C(=O)[C@H](C)C[C@H](C)/C=C/C=C/C=C/1C. The van der Waals surface area contributed by atoms with Gasteiger partial charge in [0.1, 0.15) is 53.5 Å². The lowest BCUT2D eigenvalue weighted by molar-refractivity contribution is -0.265. The number of aliphatic hydroxyl groups excluding tert-OH is 1. The van der Waals surface area contributed by atoms with Gasteiger partial charge in [0.05, 0.1) is 148 Å². The zero-order valence-electron chi connectivity index (χ0n) is 75.7. The van der Waals surface area contributed by atoms with Gasteiger partial charge in [-0.1, -0.05) is 69.4 Å². The summed E-state index contributed by atoms with van der Waals surface area (Å²) >= 11 is 0. The Labute approximate surface area is 745 Å². The Morgan fingerprint density at radius 2 is 1.40 bits per heavy atom. The molecule has 1 saturated carbocycles. The Hall–Kier alpha value is -8.28. The molecule has 7 heterocycles. The van der Waals surface area contributed by atoms with Crippen LogP contribution in [0.15, 0.2) is 82.7 Å². The molecule has 5 aromatic rings. The molecule has 2 amide bonds. The molecule has 9 rings (SSSR count). The minimum atomic E-state index is -2.48. The second-order valence-electron chi connectivity index (χ2n) is 33.5. The van der Waals surface area contributed by atoms with Crippen molar-refractivity contribution in [3.05, 3.63) is 84.0 Å². The van der Waals surface area contributed by atoms with Crippen molar-refractivity contribution in [3.63, 3.8) is 0 Å². The standard InChI is InChI=1S/C91H139N13O23/c1-60-19-11-10-12-20-61(2)76(113-7)56-69-26-23-65(6)91(112,127-69)85(109)88(110)103-31-16-13-22-72(103)89(111)125-77(57-73(105)62(3)52-64(5)83(108)84(115-9)82(107)63(4)51-60)70(92)53-66-24-27-75(78(54-66)114-8)124-34-18-14-21-68-58-102(101-99-68)33-36-117-38-40-119-42-44-121-46-48-123-50-49-122-47-45-120-43-41-118-39-37-116-35-29-79(106)95-30-15-17-32-104-87-80(86(93)96-59-97-87)81(100-104)67-25-28-74-71(55-67)98-90(94)126-74/h10-12,19-20,25,28,52,55,58-60,62-63,65-66,69-70,72,75-78,83-84,108,112H,13-18,21-24,26-27,29-51,53-54,56-57,92H2,1-9H3,(H2,94,98)(H,95,106)(H2,93,96,97)/b12-10+,19-11+,61-20+,64-52+/t60-,62-,63-,65-,66+,69+,70-,72+,75-,76+,77+,78-,83-,84+,91-/m1/s1. The van der Waals surface area contributed by atoms with Crippen LogP contribution in [-0.4, -0.2) is 297 Å². The summed E-state index contributed by atoms with van der Waals surface area (Å²) in [6.45, 7) is 19.4. The molecule has 0 unspecified atom stereocenters. The number of nitrogen functional groups attached to an aromatic ring is 2. The highest BCUT2D eigenvalue weighted by molar-refractivity contribution is 6.39. The molecule has 2 saturated heterocycles. The number of carbonyl (C=O) groups excluding carboxylic acids is 6. The van der Waals surface area contributed by atoms with Crippen LogP contribution in [0.1, 0.15) is 156 Å². The lowest BCUT2D eigenvalue weighted by Crippen LogP contribution is -2.61. The number of benzene rings is 1. The van der Waals surface area contributed by atoms with Crippen LogP contribution in [-0.2, 0) is 115 Å². The van der Waals surface area contributed by atoms with Gasteiger partial charge in [0, 0.05) is 102 Å². The number of oxazole rings is 1. The van der Waals surface area contributed by atoms with Crippen LogP contribution < -0.4 is 22.5 Å². The molecular weight excluding hydrogens is 1640 g/mol. The van der Waals surface area contributed by atoms with Crippen molar-refractivity contribution < 1.29 is 110 Å². The number of carbonyl (C=O) groups is 6. The van der Waals surface area contributed by atoms with Gasteiger partial charge in [-0.15, -0.1) is 5.10 Å². The van der Waals surface area contributed by atoms with Gasteiger partial charge in [0.2, 0.25) is 11.7 Å². The number of nitrogens with zero attached hydrogens (tertiary/aromatic N) is 9. The number of amides is 2. The van der Waals surface area contributed by atoms with E-state index in [1.165, 1.54) is 13.4 Å². The van der Waals surface area contributed by atoms with E-state index in [2.05, 4.69) is 30.6 Å². The average Bonchev–Trinajstić information content (AvgIpc) is 1.54. The zero-order chi connectivity index (χ0) is 91.0. The van der Waals surface area contributed by atoms with E-state index in [1.54, 1.807) is 63.4 Å². The molecule has 0 radical (unpaired) electrons. The minimum Gasteiger partial charge on any atom is -0.459 e. The van der Waals surface area contributed by atoms with Crippen LogP contribution in [0.2, 0.25) is 0 Å². The van der Waals surface area contributed by atoms with Crippen molar-refractivity contribution >= 4 is 69.1 Å². The number of hydrogen-bond donors (Lipinski definition) is 6. The van der Waals surface area contributed by atoms with Gasteiger partial charge in [-0.2, -0.15) is 10.1 Å². The zero-order valence-corrected chi connectivity index (χ0v) is 75.7. The molecule has 4 aromatic heterocycles. The number of hydrogen-bond acceptors (Lipinski definition) is 32. The number of methoxy groups -OCH3 is 3. The Balaban J connectivity index is 0.586. The summed E-state index contributed by atoms with van der Waals surface area (Å²) in [5, 5.41) is 40.8. The molecule has 1 aliphatic carbocycles. The number of Topliss-reactive ketones (excluding diaryl/α,β-unsaturated/α-hetero) is 3. The van der Waals surface area contributed by atoms with Crippen LogP contribution in [0.4, 0.5) is 11.8 Å². The van der Waals surface area contributed by atoms with Gasteiger partial charge >= 0.3 is 5.97 Å². The molecule has 706 valence electrons. The van der Waals surface area contributed by atoms with E-state index in [9.17, 15) is 39.0 Å². The molecular formula is C91H139N13O23. The average molecular weight is 1780 g/mol. The van der Waals surface area contributed by atoms with Gasteiger partial charge in [0.15, 0.2) is 17.0 Å². The number of anilines is 2. The van der Waals surface area contributed by atoms with E-state index in [4.69, 9.17) is 93.0 Å². The lowest BCUT2D eigenvalue weighted by atomic mass is 9.80. The summed E-state index contributed by atoms with van der Waals surface area (Å²) < 4.78 is 90.5. The molecule has 9 N–H and O–H groups in total. The third-order valence-electron chi connectivity index (χ3n) is 23.8. The number of cyclic esters (lactones) is 1. The van der Waals surface area contributed by atoms with Crippen molar-refractivity contribution in [2.24, 2.45) is 35.3 Å². The molecule has 1 aromatic carbocycles. The van der Waals surface area contributed by atoms with Crippen LogP contribution in [0.5, 0.6) is 0 Å². The maximum absolute atomic E-state index is 14.7. The molecule has 4 aliphatic rings. The van der Waals surface area contributed by atoms with Crippen molar-refractivity contribution in [1.29, 1.82) is 0 Å². The first kappa shape index (κ1) is 102. The number of piperidine rings is 1. The normalized spacial score (nSPS) is 26.5. The summed E-state index contributed by atoms with van der Waals surface area (Å²) in [5.41, 5.74) is 24.4. The lowest BCUT2D eigenvalue weighted by Gasteiger charge is -2.42. The Bertz CT molecular complexity index is 4330. The number of unbranched alkanes of at least 4 members (excludes halogenated alkanes) is 2. The molecule has 36 nitrogen and oxygen atoms in total.